The lowest BCUT2D eigenvalue weighted by Crippen LogP contribution is -2.60. The number of aromatic nitrogens is 2. The number of nitrogens with zero attached hydrogens (tertiary/aromatic N) is 4. The molecule has 1 atom stereocenters. The van der Waals surface area contributed by atoms with Crippen LogP contribution in [0.5, 0.6) is 0 Å². The SMILES string of the molecule is CN1CCc2ccc(-c3cnc4[nH]cc(C5=CCC(C(=O)N6CC(N(C)C)C6)C=C5)c4c3)cc2C1. The molecule has 1 amide bonds. The number of carbonyl (C=O) groups is 1. The number of allylic oxidation sites excluding steroid dienone is 3. The largest absolute Gasteiger partial charge is 0.346 e. The Morgan fingerprint density at radius 1 is 1.14 bits per heavy atom. The Labute approximate surface area is 206 Å². The lowest BCUT2D eigenvalue weighted by molar-refractivity contribution is -0.140. The lowest BCUT2D eigenvalue weighted by Gasteiger charge is -2.44. The van der Waals surface area contributed by atoms with E-state index in [9.17, 15) is 4.79 Å². The lowest BCUT2D eigenvalue weighted by atomic mass is 9.90. The van der Waals surface area contributed by atoms with Gasteiger partial charge in [-0.25, -0.2) is 4.98 Å². The third-order valence-corrected chi connectivity index (χ3v) is 7.91. The molecule has 6 heteroatoms. The highest BCUT2D eigenvalue weighted by Gasteiger charge is 2.34. The highest BCUT2D eigenvalue weighted by atomic mass is 16.2. The number of carbonyl (C=O) groups excluding carboxylic acids is 1. The molecule has 3 aromatic rings. The number of likely N-dealkylation sites (N-methyl/N-ethyl adjacent to an activating group) is 2. The molecule has 1 fully saturated rings. The molecule has 1 aliphatic carbocycles. The van der Waals surface area contributed by atoms with Crippen molar-refractivity contribution in [2.45, 2.75) is 25.4 Å². The van der Waals surface area contributed by atoms with Crippen LogP contribution >= 0.6 is 0 Å². The number of fused-ring (bicyclic) bond motifs is 2. The second-order valence-corrected chi connectivity index (χ2v) is 10.5. The standard InChI is InChI=1S/C29H33N5O/c1-32(2)25-17-34(18-25)29(35)21-7-5-20(6-8-21)27-15-31-28-26(27)13-23(14-30-28)22-9-4-19-10-11-33(3)16-24(19)12-22/h4-7,9,12-15,21,25H,8,10-11,16-18H2,1-3H3,(H,30,31). The summed E-state index contributed by atoms with van der Waals surface area (Å²) in [6.45, 7) is 3.79. The summed E-state index contributed by atoms with van der Waals surface area (Å²) in [5.74, 6) is 0.185. The first-order valence-corrected chi connectivity index (χ1v) is 12.6. The minimum absolute atomic E-state index is 0.0608. The molecule has 2 aliphatic heterocycles. The van der Waals surface area contributed by atoms with E-state index in [1.165, 1.54) is 16.7 Å². The summed E-state index contributed by atoms with van der Waals surface area (Å²) in [7, 11) is 6.34. The van der Waals surface area contributed by atoms with Crippen molar-refractivity contribution in [1.29, 1.82) is 0 Å². The average molecular weight is 468 g/mol. The van der Waals surface area contributed by atoms with E-state index in [0.717, 1.165) is 66.8 Å². The van der Waals surface area contributed by atoms with Gasteiger partial charge in [0, 0.05) is 61.1 Å². The Morgan fingerprint density at radius 2 is 2.00 bits per heavy atom. The van der Waals surface area contributed by atoms with Crippen LogP contribution in [0, 0.1) is 5.92 Å². The van der Waals surface area contributed by atoms with Crippen molar-refractivity contribution in [3.05, 3.63) is 71.6 Å². The molecule has 0 spiro atoms. The Balaban J connectivity index is 1.22. The highest BCUT2D eigenvalue weighted by molar-refractivity contribution is 5.96. The number of benzene rings is 1. The molecule has 1 saturated heterocycles. The molecule has 180 valence electrons. The van der Waals surface area contributed by atoms with Crippen molar-refractivity contribution in [3.63, 3.8) is 0 Å². The van der Waals surface area contributed by atoms with Crippen LogP contribution in [0.15, 0.2) is 54.9 Å². The van der Waals surface area contributed by atoms with Crippen LogP contribution in [0.4, 0.5) is 0 Å². The maximum Gasteiger partial charge on any atom is 0.229 e. The second kappa shape index (κ2) is 8.77. The summed E-state index contributed by atoms with van der Waals surface area (Å²) in [6, 6.07) is 9.57. The van der Waals surface area contributed by atoms with Gasteiger partial charge in [0.1, 0.15) is 5.65 Å². The van der Waals surface area contributed by atoms with Gasteiger partial charge in [-0.15, -0.1) is 0 Å². The van der Waals surface area contributed by atoms with E-state index in [1.807, 2.05) is 17.3 Å². The maximum atomic E-state index is 12.9. The van der Waals surface area contributed by atoms with Gasteiger partial charge in [0.15, 0.2) is 0 Å². The number of amides is 1. The van der Waals surface area contributed by atoms with E-state index in [-0.39, 0.29) is 11.8 Å². The van der Waals surface area contributed by atoms with E-state index in [4.69, 9.17) is 4.98 Å². The van der Waals surface area contributed by atoms with Gasteiger partial charge < -0.3 is 19.7 Å². The third kappa shape index (κ3) is 4.11. The molecule has 1 unspecified atom stereocenters. The smallest absolute Gasteiger partial charge is 0.229 e. The summed E-state index contributed by atoms with van der Waals surface area (Å²) in [5.41, 5.74) is 8.41. The number of hydrogen-bond acceptors (Lipinski definition) is 4. The van der Waals surface area contributed by atoms with Gasteiger partial charge in [-0.1, -0.05) is 30.4 Å². The summed E-state index contributed by atoms with van der Waals surface area (Å²) in [5, 5.41) is 1.12. The molecule has 1 aromatic carbocycles. The summed E-state index contributed by atoms with van der Waals surface area (Å²) < 4.78 is 0. The minimum Gasteiger partial charge on any atom is -0.346 e. The fraction of sp³-hybridized carbons (Fsp3) is 0.379. The van der Waals surface area contributed by atoms with E-state index < -0.39 is 0 Å². The first-order valence-electron chi connectivity index (χ1n) is 12.6. The summed E-state index contributed by atoms with van der Waals surface area (Å²) >= 11 is 0. The summed E-state index contributed by atoms with van der Waals surface area (Å²) in [4.78, 5) is 27.5. The molecule has 0 radical (unpaired) electrons. The number of H-pyrrole nitrogens is 1. The molecule has 0 bridgehead atoms. The van der Waals surface area contributed by atoms with Crippen LogP contribution in [0.2, 0.25) is 0 Å². The van der Waals surface area contributed by atoms with Gasteiger partial charge in [0.25, 0.3) is 0 Å². The number of aromatic amines is 1. The number of likely N-dealkylation sites (tertiary alicyclic amines) is 1. The van der Waals surface area contributed by atoms with Gasteiger partial charge in [0.2, 0.25) is 5.91 Å². The number of rotatable bonds is 4. The van der Waals surface area contributed by atoms with E-state index in [1.54, 1.807) is 0 Å². The molecule has 0 saturated carbocycles. The van der Waals surface area contributed by atoms with Crippen molar-refractivity contribution in [2.24, 2.45) is 5.92 Å². The molecule has 4 heterocycles. The predicted octanol–water partition coefficient (Wildman–Crippen LogP) is 3.95. The van der Waals surface area contributed by atoms with Gasteiger partial charge in [-0.2, -0.15) is 0 Å². The van der Waals surface area contributed by atoms with Crippen molar-refractivity contribution in [2.75, 3.05) is 40.8 Å². The zero-order valence-corrected chi connectivity index (χ0v) is 20.8. The molecular formula is C29H33N5O. The minimum atomic E-state index is -0.0608. The fourth-order valence-corrected chi connectivity index (χ4v) is 5.48. The average Bonchev–Trinajstić information content (AvgIpc) is 3.25. The van der Waals surface area contributed by atoms with Gasteiger partial charge in [0.05, 0.1) is 5.92 Å². The van der Waals surface area contributed by atoms with Gasteiger partial charge in [-0.3, -0.25) is 4.79 Å². The zero-order chi connectivity index (χ0) is 24.1. The van der Waals surface area contributed by atoms with Crippen LogP contribution in [0.3, 0.4) is 0 Å². The second-order valence-electron chi connectivity index (χ2n) is 10.5. The first kappa shape index (κ1) is 22.3. The first-order chi connectivity index (χ1) is 17.0. The Morgan fingerprint density at radius 3 is 2.77 bits per heavy atom. The van der Waals surface area contributed by atoms with Crippen LogP contribution in [-0.2, 0) is 17.8 Å². The zero-order valence-electron chi connectivity index (χ0n) is 20.8. The Kier molecular flexibility index (Phi) is 5.58. The van der Waals surface area contributed by atoms with Crippen LogP contribution in [0.1, 0.15) is 23.1 Å². The molecule has 6 rings (SSSR count). The van der Waals surface area contributed by atoms with Crippen LogP contribution < -0.4 is 0 Å². The number of hydrogen-bond donors (Lipinski definition) is 1. The van der Waals surface area contributed by atoms with E-state index in [0.29, 0.717) is 6.04 Å². The fourth-order valence-electron chi connectivity index (χ4n) is 5.48. The molecule has 6 nitrogen and oxygen atoms in total. The quantitative estimate of drug-likeness (QED) is 0.631. The molecular weight excluding hydrogens is 434 g/mol. The highest BCUT2D eigenvalue weighted by Crippen LogP contribution is 2.33. The van der Waals surface area contributed by atoms with Crippen molar-refractivity contribution in [3.8, 4) is 11.1 Å². The van der Waals surface area contributed by atoms with Crippen LogP contribution in [-0.4, -0.2) is 77.4 Å². The van der Waals surface area contributed by atoms with Crippen molar-refractivity contribution in [1.82, 2.24) is 24.7 Å². The topological polar surface area (TPSA) is 55.5 Å². The number of nitrogens with one attached hydrogen (secondary N) is 1. The van der Waals surface area contributed by atoms with Crippen molar-refractivity contribution >= 4 is 22.5 Å². The van der Waals surface area contributed by atoms with Crippen LogP contribution in [0.25, 0.3) is 27.7 Å². The number of pyridine rings is 1. The monoisotopic (exact) mass is 467 g/mol. The maximum absolute atomic E-state index is 12.9. The third-order valence-electron chi connectivity index (χ3n) is 7.91. The Bertz CT molecular complexity index is 1340. The molecule has 2 aromatic heterocycles. The van der Waals surface area contributed by atoms with Crippen molar-refractivity contribution < 1.29 is 4.79 Å². The van der Waals surface area contributed by atoms with E-state index in [2.05, 4.69) is 78.4 Å². The molecule has 3 aliphatic rings. The Hall–Kier alpha value is -3.22. The normalized spacial score (nSPS) is 20.7. The van der Waals surface area contributed by atoms with Gasteiger partial charge in [-0.05, 0) is 68.4 Å². The molecule has 35 heavy (non-hydrogen) atoms. The predicted molar refractivity (Wildman–Crippen MR) is 141 cm³/mol. The molecule has 1 N–H and O–H groups in total. The van der Waals surface area contributed by atoms with E-state index >= 15 is 0 Å². The van der Waals surface area contributed by atoms with Gasteiger partial charge >= 0.3 is 0 Å². The summed E-state index contributed by atoms with van der Waals surface area (Å²) in [6.07, 6.45) is 12.3.